The van der Waals surface area contributed by atoms with E-state index in [0.29, 0.717) is 0 Å². The van der Waals surface area contributed by atoms with E-state index in [9.17, 15) is 14.7 Å². The second-order valence-corrected chi connectivity index (χ2v) is 4.46. The normalized spacial score (nSPS) is 22.1. The molecular formula is C11H15NO4. The Hall–Kier alpha value is -1.52. The number of amides is 1. The van der Waals surface area contributed by atoms with Gasteiger partial charge >= 0.3 is 12.1 Å². The van der Waals surface area contributed by atoms with Gasteiger partial charge in [-0.15, -0.1) is 0 Å². The molecular weight excluding hydrogens is 210 g/mol. The molecule has 1 amide bonds. The molecule has 5 nitrogen and oxygen atoms in total. The SMILES string of the molecule is C=CCOC(=O)N1CC(C(=O)O)(C2CC2)C1. The number of carbonyl (C=O) groups is 2. The second-order valence-electron chi connectivity index (χ2n) is 4.46. The van der Waals surface area contributed by atoms with E-state index in [1.54, 1.807) is 0 Å². The molecule has 0 unspecified atom stereocenters. The first-order valence-electron chi connectivity index (χ1n) is 5.36. The monoisotopic (exact) mass is 225 g/mol. The summed E-state index contributed by atoms with van der Waals surface area (Å²) in [6, 6.07) is 0. The maximum absolute atomic E-state index is 11.4. The van der Waals surface area contributed by atoms with Crippen molar-refractivity contribution in [2.75, 3.05) is 19.7 Å². The molecule has 1 aliphatic carbocycles. The molecule has 1 N–H and O–H groups in total. The van der Waals surface area contributed by atoms with Crippen molar-refractivity contribution in [3.63, 3.8) is 0 Å². The largest absolute Gasteiger partial charge is 0.481 e. The van der Waals surface area contributed by atoms with Gasteiger partial charge in [0.1, 0.15) is 12.0 Å². The number of ether oxygens (including phenoxy) is 1. The van der Waals surface area contributed by atoms with Crippen LogP contribution in [0, 0.1) is 11.3 Å². The van der Waals surface area contributed by atoms with Crippen LogP contribution in [-0.2, 0) is 9.53 Å². The third-order valence-electron chi connectivity index (χ3n) is 3.31. The number of likely N-dealkylation sites (tertiary alicyclic amines) is 1. The quantitative estimate of drug-likeness (QED) is 0.728. The smallest absolute Gasteiger partial charge is 0.410 e. The topological polar surface area (TPSA) is 66.8 Å². The maximum Gasteiger partial charge on any atom is 0.410 e. The fraction of sp³-hybridized carbons (Fsp3) is 0.636. The van der Waals surface area contributed by atoms with Crippen molar-refractivity contribution in [3.05, 3.63) is 12.7 Å². The number of carboxylic acids is 1. The Morgan fingerprint density at radius 2 is 2.12 bits per heavy atom. The first-order chi connectivity index (χ1) is 7.60. The van der Waals surface area contributed by atoms with E-state index in [4.69, 9.17) is 4.74 Å². The average molecular weight is 225 g/mol. The minimum Gasteiger partial charge on any atom is -0.481 e. The van der Waals surface area contributed by atoms with Crippen molar-refractivity contribution in [3.8, 4) is 0 Å². The molecule has 1 saturated heterocycles. The van der Waals surface area contributed by atoms with E-state index in [0.717, 1.165) is 12.8 Å². The Labute approximate surface area is 93.7 Å². The molecule has 2 aliphatic rings. The van der Waals surface area contributed by atoms with Crippen LogP contribution in [0.4, 0.5) is 4.79 Å². The lowest BCUT2D eigenvalue weighted by atomic mass is 9.75. The molecule has 0 aromatic heterocycles. The molecule has 0 atom stereocenters. The van der Waals surface area contributed by atoms with Crippen molar-refractivity contribution in [2.45, 2.75) is 12.8 Å². The number of hydrogen-bond donors (Lipinski definition) is 1. The van der Waals surface area contributed by atoms with Crippen LogP contribution in [0.1, 0.15) is 12.8 Å². The summed E-state index contributed by atoms with van der Waals surface area (Å²) in [6.07, 6.45) is 2.96. The summed E-state index contributed by atoms with van der Waals surface area (Å²) in [4.78, 5) is 24.0. The predicted molar refractivity (Wildman–Crippen MR) is 55.9 cm³/mol. The highest BCUT2D eigenvalue weighted by molar-refractivity contribution is 5.81. The summed E-state index contributed by atoms with van der Waals surface area (Å²) >= 11 is 0. The summed E-state index contributed by atoms with van der Waals surface area (Å²) in [5, 5.41) is 9.17. The van der Waals surface area contributed by atoms with Crippen molar-refractivity contribution in [2.24, 2.45) is 11.3 Å². The van der Waals surface area contributed by atoms with Gasteiger partial charge in [-0.3, -0.25) is 4.79 Å². The van der Waals surface area contributed by atoms with Crippen molar-refractivity contribution >= 4 is 12.1 Å². The molecule has 2 fully saturated rings. The van der Waals surface area contributed by atoms with E-state index >= 15 is 0 Å². The fourth-order valence-electron chi connectivity index (χ4n) is 2.19. The predicted octanol–water partition coefficient (Wildman–Crippen LogP) is 1.11. The molecule has 16 heavy (non-hydrogen) atoms. The van der Waals surface area contributed by atoms with E-state index in [-0.39, 0.29) is 25.6 Å². The van der Waals surface area contributed by atoms with Gasteiger partial charge in [-0.2, -0.15) is 0 Å². The van der Waals surface area contributed by atoms with Crippen LogP contribution in [0.25, 0.3) is 0 Å². The molecule has 0 radical (unpaired) electrons. The van der Waals surface area contributed by atoms with Gasteiger partial charge in [0.2, 0.25) is 0 Å². The highest BCUT2D eigenvalue weighted by Crippen LogP contribution is 2.51. The number of nitrogens with zero attached hydrogens (tertiary/aromatic N) is 1. The minimum absolute atomic E-state index is 0.166. The molecule has 1 saturated carbocycles. The van der Waals surface area contributed by atoms with Crippen LogP contribution >= 0.6 is 0 Å². The molecule has 0 spiro atoms. The van der Waals surface area contributed by atoms with E-state index in [2.05, 4.69) is 6.58 Å². The first kappa shape index (κ1) is 11.0. The van der Waals surface area contributed by atoms with Crippen LogP contribution in [0.3, 0.4) is 0 Å². The summed E-state index contributed by atoms with van der Waals surface area (Å²) in [6.45, 7) is 4.17. The molecule has 0 bridgehead atoms. The molecule has 1 heterocycles. The van der Waals surface area contributed by atoms with E-state index in [1.807, 2.05) is 0 Å². The Kier molecular flexibility index (Phi) is 2.61. The third kappa shape index (κ3) is 1.66. The summed E-state index contributed by atoms with van der Waals surface area (Å²) < 4.78 is 4.84. The number of hydrogen-bond acceptors (Lipinski definition) is 3. The standard InChI is InChI=1S/C11H15NO4/c1-2-5-16-10(15)12-6-11(7-12,9(13)14)8-3-4-8/h2,8H,1,3-7H2,(H,13,14). The van der Waals surface area contributed by atoms with Gasteiger partial charge in [0.25, 0.3) is 0 Å². The number of carboxylic acid groups (broad SMARTS) is 1. The van der Waals surface area contributed by atoms with E-state index < -0.39 is 17.5 Å². The zero-order valence-corrected chi connectivity index (χ0v) is 9.02. The molecule has 5 heteroatoms. The summed E-state index contributed by atoms with van der Waals surface area (Å²) in [7, 11) is 0. The first-order valence-corrected chi connectivity index (χ1v) is 5.36. The van der Waals surface area contributed by atoms with Crippen LogP contribution < -0.4 is 0 Å². The Bertz CT molecular complexity index is 329. The van der Waals surface area contributed by atoms with Crippen molar-refractivity contribution in [1.82, 2.24) is 4.90 Å². The van der Waals surface area contributed by atoms with Crippen LogP contribution in [0.5, 0.6) is 0 Å². The highest BCUT2D eigenvalue weighted by Gasteiger charge is 2.60. The van der Waals surface area contributed by atoms with Crippen molar-refractivity contribution < 1.29 is 19.4 Å². The Morgan fingerprint density at radius 3 is 2.56 bits per heavy atom. The summed E-state index contributed by atoms with van der Waals surface area (Å²) in [5.41, 5.74) is -0.701. The van der Waals surface area contributed by atoms with Crippen LogP contribution in [0.2, 0.25) is 0 Å². The number of carbonyl (C=O) groups excluding carboxylic acids is 1. The van der Waals surface area contributed by atoms with Crippen LogP contribution in [0.15, 0.2) is 12.7 Å². The number of rotatable bonds is 4. The summed E-state index contributed by atoms with van der Waals surface area (Å²) in [5.74, 6) is -0.545. The molecule has 1 aliphatic heterocycles. The lowest BCUT2D eigenvalue weighted by Gasteiger charge is -2.46. The Morgan fingerprint density at radius 1 is 1.50 bits per heavy atom. The third-order valence-corrected chi connectivity index (χ3v) is 3.31. The van der Waals surface area contributed by atoms with E-state index in [1.165, 1.54) is 11.0 Å². The fourth-order valence-corrected chi connectivity index (χ4v) is 2.19. The van der Waals surface area contributed by atoms with Gasteiger partial charge in [0.15, 0.2) is 0 Å². The molecule has 0 aromatic carbocycles. The molecule has 88 valence electrons. The second kappa shape index (κ2) is 3.81. The van der Waals surface area contributed by atoms with Gasteiger partial charge in [-0.25, -0.2) is 4.79 Å². The van der Waals surface area contributed by atoms with Crippen molar-refractivity contribution in [1.29, 1.82) is 0 Å². The lowest BCUT2D eigenvalue weighted by molar-refractivity contribution is -0.161. The van der Waals surface area contributed by atoms with Crippen LogP contribution in [-0.4, -0.2) is 41.8 Å². The van der Waals surface area contributed by atoms with Gasteiger partial charge in [0, 0.05) is 13.1 Å². The molecule has 2 rings (SSSR count). The zero-order valence-electron chi connectivity index (χ0n) is 9.02. The molecule has 0 aromatic rings. The number of aliphatic carboxylic acids is 1. The van der Waals surface area contributed by atoms with Gasteiger partial charge in [-0.1, -0.05) is 12.7 Å². The van der Waals surface area contributed by atoms with Gasteiger partial charge in [-0.05, 0) is 18.8 Å². The highest BCUT2D eigenvalue weighted by atomic mass is 16.6. The zero-order chi connectivity index (χ0) is 11.8. The average Bonchev–Trinajstić information content (AvgIpc) is 2.96. The van der Waals surface area contributed by atoms with Gasteiger partial charge < -0.3 is 14.7 Å². The lowest BCUT2D eigenvalue weighted by Crippen LogP contribution is -2.63. The Balaban J connectivity index is 1.89. The van der Waals surface area contributed by atoms with Gasteiger partial charge in [0.05, 0.1) is 0 Å². The maximum atomic E-state index is 11.4. The minimum atomic E-state index is -0.789.